The van der Waals surface area contributed by atoms with Gasteiger partial charge >= 0.3 is 5.97 Å². The Bertz CT molecular complexity index is 719. The molecule has 0 aliphatic rings. The molecule has 0 fully saturated rings. The van der Waals surface area contributed by atoms with Crippen molar-refractivity contribution in [3.8, 4) is 16.9 Å². The van der Waals surface area contributed by atoms with Crippen molar-refractivity contribution in [1.29, 1.82) is 0 Å². The van der Waals surface area contributed by atoms with E-state index < -0.39 is 5.97 Å². The van der Waals surface area contributed by atoms with Gasteiger partial charge in [-0.1, -0.05) is 6.07 Å². The molecule has 0 unspecified atom stereocenters. The van der Waals surface area contributed by atoms with E-state index in [1.54, 1.807) is 35.7 Å². The fraction of sp³-hybridized carbons (Fsp3) is 0. The zero-order valence-corrected chi connectivity index (χ0v) is 10.5. The van der Waals surface area contributed by atoms with Gasteiger partial charge in [-0.3, -0.25) is 0 Å². The second-order valence-electron chi connectivity index (χ2n) is 3.89. The number of carbonyl (C=O) groups is 1. The average Bonchev–Trinajstić information content (AvgIpc) is 3.09. The summed E-state index contributed by atoms with van der Waals surface area (Å²) < 4.78 is 0. The zero-order chi connectivity index (χ0) is 13.2. The molecule has 3 aromatic rings. The Morgan fingerprint density at radius 3 is 2.95 bits per heavy atom. The highest BCUT2D eigenvalue weighted by Gasteiger charge is 2.08. The lowest BCUT2D eigenvalue weighted by Crippen LogP contribution is -2.02. The molecule has 0 radical (unpaired) electrons. The number of carboxylic acids is 1. The predicted octanol–water partition coefficient (Wildman–Crippen LogP) is 2.69. The number of hydrogen-bond acceptors (Lipinski definition) is 4. The van der Waals surface area contributed by atoms with Crippen LogP contribution in [0.1, 0.15) is 10.4 Å². The highest BCUT2D eigenvalue weighted by Crippen LogP contribution is 2.19. The minimum absolute atomic E-state index is 0.215. The molecular weight excluding hydrogens is 262 g/mol. The first kappa shape index (κ1) is 11.6. The quantitative estimate of drug-likeness (QED) is 0.795. The first-order valence-electron chi connectivity index (χ1n) is 5.53. The molecule has 94 valence electrons. The van der Waals surface area contributed by atoms with E-state index in [2.05, 4.69) is 10.2 Å². The van der Waals surface area contributed by atoms with Crippen LogP contribution in [0.25, 0.3) is 16.9 Å². The summed E-state index contributed by atoms with van der Waals surface area (Å²) in [4.78, 5) is 12.4. The molecule has 0 aliphatic carbocycles. The Labute approximate surface area is 112 Å². The van der Waals surface area contributed by atoms with E-state index in [-0.39, 0.29) is 5.56 Å². The van der Waals surface area contributed by atoms with Gasteiger partial charge < -0.3 is 5.11 Å². The van der Waals surface area contributed by atoms with Crippen molar-refractivity contribution in [2.24, 2.45) is 0 Å². The summed E-state index contributed by atoms with van der Waals surface area (Å²) in [5.41, 5.74) is 2.61. The lowest BCUT2D eigenvalue weighted by atomic mass is 10.2. The molecule has 19 heavy (non-hydrogen) atoms. The monoisotopic (exact) mass is 271 g/mol. The number of carboxylic acid groups (broad SMARTS) is 1. The molecule has 0 saturated carbocycles. The molecule has 1 N–H and O–H groups in total. The maximum Gasteiger partial charge on any atom is 0.335 e. The molecule has 2 aromatic heterocycles. The van der Waals surface area contributed by atoms with Crippen LogP contribution in [0.5, 0.6) is 0 Å². The van der Waals surface area contributed by atoms with Gasteiger partial charge in [0.25, 0.3) is 0 Å². The first-order chi connectivity index (χ1) is 9.24. The van der Waals surface area contributed by atoms with Crippen LogP contribution in [0, 0.1) is 0 Å². The van der Waals surface area contributed by atoms with Gasteiger partial charge in [0.05, 0.1) is 17.4 Å². The standard InChI is InChI=1S/C13H9N3O2S/c17-13(18)9-2-1-3-11(6-9)16-14-7-12(15-16)10-4-5-19-8-10/h1-8H,(H,17,18). The minimum atomic E-state index is -0.966. The molecule has 1 aromatic carbocycles. The molecule has 0 aliphatic heterocycles. The van der Waals surface area contributed by atoms with Crippen LogP contribution in [-0.4, -0.2) is 26.1 Å². The van der Waals surface area contributed by atoms with Gasteiger partial charge in [0, 0.05) is 10.9 Å². The van der Waals surface area contributed by atoms with Gasteiger partial charge in [-0.2, -0.15) is 21.2 Å². The molecule has 6 heteroatoms. The van der Waals surface area contributed by atoms with Crippen molar-refractivity contribution in [3.05, 3.63) is 52.9 Å². The third-order valence-corrected chi connectivity index (χ3v) is 3.32. The smallest absolute Gasteiger partial charge is 0.335 e. The van der Waals surface area contributed by atoms with Crippen LogP contribution in [0.3, 0.4) is 0 Å². The third kappa shape index (κ3) is 2.25. The third-order valence-electron chi connectivity index (χ3n) is 2.63. The van der Waals surface area contributed by atoms with Crippen molar-refractivity contribution in [2.75, 3.05) is 0 Å². The summed E-state index contributed by atoms with van der Waals surface area (Å²) in [5.74, 6) is -0.966. The van der Waals surface area contributed by atoms with Crippen LogP contribution in [0.4, 0.5) is 0 Å². The molecule has 0 saturated heterocycles. The molecular formula is C13H9N3O2S. The van der Waals surface area contributed by atoms with Crippen LogP contribution < -0.4 is 0 Å². The Kier molecular flexibility index (Phi) is 2.85. The zero-order valence-electron chi connectivity index (χ0n) is 9.72. The summed E-state index contributed by atoms with van der Waals surface area (Å²) in [6.45, 7) is 0. The van der Waals surface area contributed by atoms with Gasteiger partial charge in [-0.15, -0.1) is 5.10 Å². The second kappa shape index (κ2) is 4.66. The van der Waals surface area contributed by atoms with E-state index in [0.29, 0.717) is 5.69 Å². The largest absolute Gasteiger partial charge is 0.478 e. The maximum atomic E-state index is 10.9. The second-order valence-corrected chi connectivity index (χ2v) is 4.67. The van der Waals surface area contributed by atoms with Crippen molar-refractivity contribution in [2.45, 2.75) is 0 Å². The van der Waals surface area contributed by atoms with E-state index in [1.807, 2.05) is 16.8 Å². The highest BCUT2D eigenvalue weighted by atomic mass is 32.1. The predicted molar refractivity (Wildman–Crippen MR) is 71.6 cm³/mol. The van der Waals surface area contributed by atoms with E-state index >= 15 is 0 Å². The number of aromatic carboxylic acids is 1. The van der Waals surface area contributed by atoms with Gasteiger partial charge in [0.2, 0.25) is 0 Å². The van der Waals surface area contributed by atoms with E-state index in [4.69, 9.17) is 5.11 Å². The van der Waals surface area contributed by atoms with E-state index in [0.717, 1.165) is 11.3 Å². The van der Waals surface area contributed by atoms with Crippen molar-refractivity contribution in [3.63, 3.8) is 0 Å². The van der Waals surface area contributed by atoms with Crippen LogP contribution in [-0.2, 0) is 0 Å². The highest BCUT2D eigenvalue weighted by molar-refractivity contribution is 7.08. The Morgan fingerprint density at radius 1 is 1.32 bits per heavy atom. The van der Waals surface area contributed by atoms with Crippen LogP contribution in [0.15, 0.2) is 47.3 Å². The number of hydrogen-bond donors (Lipinski definition) is 1. The number of aromatic nitrogens is 3. The summed E-state index contributed by atoms with van der Waals surface area (Å²) in [5, 5.41) is 21.4. The average molecular weight is 271 g/mol. The molecule has 0 atom stereocenters. The first-order valence-corrected chi connectivity index (χ1v) is 6.47. The lowest BCUT2D eigenvalue weighted by molar-refractivity contribution is 0.0697. The molecule has 0 spiro atoms. The summed E-state index contributed by atoms with van der Waals surface area (Å²) >= 11 is 1.59. The van der Waals surface area contributed by atoms with Gasteiger partial charge in [-0.25, -0.2) is 4.79 Å². The molecule has 0 amide bonds. The minimum Gasteiger partial charge on any atom is -0.478 e. The van der Waals surface area contributed by atoms with Gasteiger partial charge in [-0.05, 0) is 29.6 Å². The van der Waals surface area contributed by atoms with Gasteiger partial charge in [0.1, 0.15) is 5.69 Å². The van der Waals surface area contributed by atoms with Gasteiger partial charge in [0.15, 0.2) is 0 Å². The van der Waals surface area contributed by atoms with Crippen LogP contribution in [0.2, 0.25) is 0 Å². The Hall–Kier alpha value is -2.47. The summed E-state index contributed by atoms with van der Waals surface area (Å²) in [6, 6.07) is 8.48. The summed E-state index contributed by atoms with van der Waals surface area (Å²) in [7, 11) is 0. The Morgan fingerprint density at radius 2 is 2.21 bits per heavy atom. The van der Waals surface area contributed by atoms with E-state index in [9.17, 15) is 4.79 Å². The number of nitrogens with zero attached hydrogens (tertiary/aromatic N) is 3. The van der Waals surface area contributed by atoms with Crippen LogP contribution >= 0.6 is 11.3 Å². The topological polar surface area (TPSA) is 68.0 Å². The van der Waals surface area contributed by atoms with Crippen molar-refractivity contribution in [1.82, 2.24) is 15.0 Å². The maximum absolute atomic E-state index is 10.9. The normalized spacial score (nSPS) is 10.5. The van der Waals surface area contributed by atoms with Crippen molar-refractivity contribution >= 4 is 17.3 Å². The summed E-state index contributed by atoms with van der Waals surface area (Å²) in [6.07, 6.45) is 1.66. The fourth-order valence-corrected chi connectivity index (χ4v) is 2.34. The molecule has 0 bridgehead atoms. The van der Waals surface area contributed by atoms with Crippen molar-refractivity contribution < 1.29 is 9.90 Å². The number of benzene rings is 1. The fourth-order valence-electron chi connectivity index (χ4n) is 1.69. The molecule has 5 nitrogen and oxygen atoms in total. The van der Waals surface area contributed by atoms with E-state index in [1.165, 1.54) is 10.9 Å². The molecule has 3 rings (SSSR count). The lowest BCUT2D eigenvalue weighted by Gasteiger charge is -2.00. The SMILES string of the molecule is O=C(O)c1cccc(-n2ncc(-c3ccsc3)n2)c1. The Balaban J connectivity index is 1.99. The number of rotatable bonds is 3. The molecule has 2 heterocycles. The number of thiophene rings is 1.